The Kier molecular flexibility index (Phi) is 4.43. The Balaban J connectivity index is 2.82. The van der Waals surface area contributed by atoms with Gasteiger partial charge in [0.1, 0.15) is 0 Å². The molecule has 0 unspecified atom stereocenters. The molecule has 1 rings (SSSR count). The predicted molar refractivity (Wildman–Crippen MR) is 57.2 cm³/mol. The van der Waals surface area contributed by atoms with Gasteiger partial charge in [-0.2, -0.15) is 8.42 Å². The largest absolute Gasteiger partial charge is 0.396 e. The van der Waals surface area contributed by atoms with Gasteiger partial charge in [-0.3, -0.25) is 0 Å². The monoisotopic (exact) mass is 246 g/mol. The van der Waals surface area contributed by atoms with Crippen molar-refractivity contribution in [1.29, 1.82) is 0 Å². The van der Waals surface area contributed by atoms with Crippen LogP contribution in [0.4, 0.5) is 0 Å². The lowest BCUT2D eigenvalue weighted by molar-refractivity contribution is -0.0276. The Hall–Kier alpha value is -0.950. The molecule has 0 spiro atoms. The van der Waals surface area contributed by atoms with Gasteiger partial charge in [0.2, 0.25) is 0 Å². The second-order valence-electron chi connectivity index (χ2n) is 3.33. The van der Waals surface area contributed by atoms with Crippen LogP contribution >= 0.6 is 0 Å². The summed E-state index contributed by atoms with van der Waals surface area (Å²) in [6.45, 7) is 1.49. The highest BCUT2D eigenvalue weighted by atomic mass is 32.2. The molecule has 6 heteroatoms. The van der Waals surface area contributed by atoms with E-state index in [0.29, 0.717) is 0 Å². The van der Waals surface area contributed by atoms with E-state index in [1.54, 1.807) is 12.1 Å². The lowest BCUT2D eigenvalue weighted by Crippen LogP contribution is -2.19. The molecule has 0 aromatic heterocycles. The third-order valence-corrected chi connectivity index (χ3v) is 3.25. The molecule has 0 aliphatic rings. The maximum absolute atomic E-state index is 11.6. The number of hydrogen-bond donors (Lipinski definition) is 2. The van der Waals surface area contributed by atoms with Gasteiger partial charge in [0.05, 0.1) is 4.90 Å². The summed E-state index contributed by atoms with van der Waals surface area (Å²) in [6, 6.07) is 6.07. The van der Waals surface area contributed by atoms with Crippen LogP contribution in [-0.2, 0) is 14.3 Å². The van der Waals surface area contributed by atoms with Crippen molar-refractivity contribution in [3.63, 3.8) is 0 Å². The van der Waals surface area contributed by atoms with Crippen molar-refractivity contribution in [2.75, 3.05) is 6.61 Å². The van der Waals surface area contributed by atoms with Gasteiger partial charge in [-0.15, -0.1) is 0 Å². The third kappa shape index (κ3) is 3.57. The van der Waals surface area contributed by atoms with Crippen molar-refractivity contribution in [2.24, 2.45) is 0 Å². The minimum Gasteiger partial charge on any atom is -0.396 e. The van der Waals surface area contributed by atoms with E-state index in [4.69, 9.17) is 10.2 Å². The number of benzene rings is 1. The van der Waals surface area contributed by atoms with Crippen molar-refractivity contribution in [3.05, 3.63) is 29.8 Å². The minimum absolute atomic E-state index is 0.0184. The Bertz CT molecular complexity index is 423. The smallest absolute Gasteiger partial charge is 0.299 e. The first-order valence-electron chi connectivity index (χ1n) is 4.74. The van der Waals surface area contributed by atoms with Gasteiger partial charge in [0.25, 0.3) is 10.1 Å². The van der Waals surface area contributed by atoms with Gasteiger partial charge in [0.15, 0.2) is 6.29 Å². The van der Waals surface area contributed by atoms with E-state index < -0.39 is 16.4 Å². The summed E-state index contributed by atoms with van der Waals surface area (Å²) in [6.07, 6.45) is -1.67. The van der Waals surface area contributed by atoms with Crippen LogP contribution in [0.15, 0.2) is 29.2 Å². The van der Waals surface area contributed by atoms with Gasteiger partial charge < -0.3 is 10.2 Å². The highest BCUT2D eigenvalue weighted by Crippen LogP contribution is 2.15. The van der Waals surface area contributed by atoms with Gasteiger partial charge >= 0.3 is 0 Å². The number of hydrogen-bond acceptors (Lipinski definition) is 5. The average Bonchev–Trinajstić information content (AvgIpc) is 2.17. The Morgan fingerprint density at radius 1 is 1.31 bits per heavy atom. The molecule has 0 heterocycles. The molecular weight excluding hydrogens is 232 g/mol. The first-order chi connectivity index (χ1) is 7.45. The molecule has 0 saturated heterocycles. The summed E-state index contributed by atoms with van der Waals surface area (Å²) in [5, 5.41) is 17.6. The topological polar surface area (TPSA) is 83.8 Å². The molecule has 0 aliphatic heterocycles. The number of aliphatic hydroxyl groups excluding tert-OH is 2. The third-order valence-electron chi connectivity index (χ3n) is 1.92. The summed E-state index contributed by atoms with van der Waals surface area (Å²) >= 11 is 0. The minimum atomic E-state index is -3.96. The molecule has 0 bridgehead atoms. The van der Waals surface area contributed by atoms with E-state index in [1.807, 2.05) is 6.92 Å². The molecule has 1 aromatic carbocycles. The normalized spacial score (nSPS) is 13.7. The lowest BCUT2D eigenvalue weighted by atomic mass is 10.2. The van der Waals surface area contributed by atoms with Crippen molar-refractivity contribution in [2.45, 2.75) is 24.5 Å². The maximum atomic E-state index is 11.6. The van der Waals surface area contributed by atoms with Crippen molar-refractivity contribution >= 4 is 10.1 Å². The molecule has 2 N–H and O–H groups in total. The highest BCUT2D eigenvalue weighted by Gasteiger charge is 2.19. The Morgan fingerprint density at radius 3 is 2.38 bits per heavy atom. The standard InChI is InChI=1S/C10H14O5S/c1-8-2-4-9(5-3-8)16(13,14)15-10(12)6-7-11/h2-5,10-12H,6-7H2,1H3/t10-/m1/s1. The fraction of sp³-hybridized carbons (Fsp3) is 0.400. The van der Waals surface area contributed by atoms with Crippen LogP contribution in [0, 0.1) is 6.92 Å². The first kappa shape index (κ1) is 13.1. The second-order valence-corrected chi connectivity index (χ2v) is 4.90. The van der Waals surface area contributed by atoms with E-state index in [2.05, 4.69) is 4.18 Å². The van der Waals surface area contributed by atoms with Gasteiger partial charge in [0, 0.05) is 13.0 Å². The van der Waals surface area contributed by atoms with Crippen LogP contribution < -0.4 is 0 Å². The van der Waals surface area contributed by atoms with Crippen LogP contribution in [0.1, 0.15) is 12.0 Å². The zero-order chi connectivity index (χ0) is 12.2. The van der Waals surface area contributed by atoms with Crippen LogP contribution in [0.3, 0.4) is 0 Å². The van der Waals surface area contributed by atoms with E-state index in [9.17, 15) is 8.42 Å². The van der Waals surface area contributed by atoms with Gasteiger partial charge in [-0.1, -0.05) is 17.7 Å². The van der Waals surface area contributed by atoms with Crippen LogP contribution in [0.25, 0.3) is 0 Å². The SMILES string of the molecule is Cc1ccc(S(=O)(=O)O[C@@H](O)CCO)cc1. The molecule has 0 amide bonds. The fourth-order valence-electron chi connectivity index (χ4n) is 1.07. The van der Waals surface area contributed by atoms with E-state index in [1.165, 1.54) is 12.1 Å². The summed E-state index contributed by atoms with van der Waals surface area (Å²) in [7, 11) is -3.96. The van der Waals surface area contributed by atoms with E-state index in [0.717, 1.165) is 5.56 Å². The first-order valence-corrected chi connectivity index (χ1v) is 6.15. The van der Waals surface area contributed by atoms with Crippen LogP contribution in [-0.4, -0.2) is 31.5 Å². The molecule has 90 valence electrons. The molecule has 16 heavy (non-hydrogen) atoms. The lowest BCUT2D eigenvalue weighted by Gasteiger charge is -2.10. The second kappa shape index (κ2) is 5.40. The van der Waals surface area contributed by atoms with Gasteiger partial charge in [-0.25, -0.2) is 4.18 Å². The summed E-state index contributed by atoms with van der Waals surface area (Å²) in [5.74, 6) is 0. The molecular formula is C10H14O5S. The average molecular weight is 246 g/mol. The van der Waals surface area contributed by atoms with E-state index in [-0.39, 0.29) is 17.9 Å². The molecule has 1 aromatic rings. The molecule has 0 saturated carbocycles. The molecule has 0 aliphatic carbocycles. The molecule has 0 radical (unpaired) electrons. The summed E-state index contributed by atoms with van der Waals surface area (Å²) < 4.78 is 27.6. The van der Waals surface area contributed by atoms with Crippen molar-refractivity contribution < 1.29 is 22.8 Å². The fourth-order valence-corrected chi connectivity index (χ4v) is 2.03. The van der Waals surface area contributed by atoms with Gasteiger partial charge in [-0.05, 0) is 19.1 Å². The number of aliphatic hydroxyl groups is 2. The predicted octanol–water partition coefficient (Wildman–Crippen LogP) is 0.401. The number of rotatable bonds is 5. The molecule has 1 atom stereocenters. The van der Waals surface area contributed by atoms with Crippen molar-refractivity contribution in [1.82, 2.24) is 0 Å². The summed E-state index contributed by atoms with van der Waals surface area (Å²) in [4.78, 5) is -0.0184. The van der Waals surface area contributed by atoms with E-state index >= 15 is 0 Å². The highest BCUT2D eigenvalue weighted by molar-refractivity contribution is 7.86. The quantitative estimate of drug-likeness (QED) is 0.580. The molecule has 5 nitrogen and oxygen atoms in total. The molecule has 0 fully saturated rings. The van der Waals surface area contributed by atoms with Crippen LogP contribution in [0.5, 0.6) is 0 Å². The maximum Gasteiger partial charge on any atom is 0.299 e. The Morgan fingerprint density at radius 2 is 1.88 bits per heavy atom. The summed E-state index contributed by atoms with van der Waals surface area (Å²) in [5.41, 5.74) is 0.926. The van der Waals surface area contributed by atoms with Crippen molar-refractivity contribution in [3.8, 4) is 0 Å². The number of aryl methyl sites for hydroxylation is 1. The zero-order valence-electron chi connectivity index (χ0n) is 8.83. The van der Waals surface area contributed by atoms with Crippen LogP contribution in [0.2, 0.25) is 0 Å². The zero-order valence-corrected chi connectivity index (χ0v) is 9.64. The Labute approximate surface area is 94.4 Å².